The smallest absolute Gasteiger partial charge is 0.251 e. The van der Waals surface area contributed by atoms with Crippen LogP contribution in [-0.4, -0.2) is 10.9 Å². The first kappa shape index (κ1) is 18.0. The van der Waals surface area contributed by atoms with Crippen molar-refractivity contribution in [3.05, 3.63) is 88.5 Å². The van der Waals surface area contributed by atoms with Crippen molar-refractivity contribution in [1.29, 1.82) is 0 Å². The lowest BCUT2D eigenvalue weighted by atomic mass is 10.1. The molecule has 4 rings (SSSR count). The van der Waals surface area contributed by atoms with E-state index in [9.17, 15) is 4.79 Å². The normalized spacial score (nSPS) is 11.0. The number of aromatic nitrogens is 1. The van der Waals surface area contributed by atoms with E-state index >= 15 is 0 Å². The maximum absolute atomic E-state index is 12.3. The van der Waals surface area contributed by atoms with Crippen LogP contribution >= 0.6 is 0 Å². The molecule has 3 aromatic carbocycles. The van der Waals surface area contributed by atoms with Crippen LogP contribution in [0, 0.1) is 20.8 Å². The molecule has 1 N–H and O–H groups in total. The molecule has 1 heterocycles. The van der Waals surface area contributed by atoms with E-state index in [0.717, 1.165) is 27.8 Å². The fourth-order valence-electron chi connectivity index (χ4n) is 3.17. The first-order valence-corrected chi connectivity index (χ1v) is 9.32. The highest BCUT2D eigenvalue weighted by Gasteiger charge is 2.11. The van der Waals surface area contributed by atoms with E-state index in [0.29, 0.717) is 18.0 Å². The summed E-state index contributed by atoms with van der Waals surface area (Å²) in [7, 11) is 0. The second-order valence-electron chi connectivity index (χ2n) is 7.12. The van der Waals surface area contributed by atoms with Crippen molar-refractivity contribution in [2.45, 2.75) is 27.3 Å². The van der Waals surface area contributed by atoms with Gasteiger partial charge in [0.15, 0.2) is 5.58 Å². The number of benzene rings is 3. The molecule has 140 valence electrons. The van der Waals surface area contributed by atoms with Crippen LogP contribution in [0.4, 0.5) is 0 Å². The largest absolute Gasteiger partial charge is 0.436 e. The molecule has 0 spiro atoms. The molecule has 0 aliphatic rings. The summed E-state index contributed by atoms with van der Waals surface area (Å²) in [6, 6.07) is 19.6. The predicted octanol–water partition coefficient (Wildman–Crippen LogP) is 5.35. The van der Waals surface area contributed by atoms with Crippen molar-refractivity contribution in [2.75, 3.05) is 0 Å². The molecule has 0 radical (unpaired) electrons. The summed E-state index contributed by atoms with van der Waals surface area (Å²) in [6.07, 6.45) is 0. The summed E-state index contributed by atoms with van der Waals surface area (Å²) in [6.45, 7) is 6.55. The van der Waals surface area contributed by atoms with Crippen LogP contribution in [0.5, 0.6) is 0 Å². The van der Waals surface area contributed by atoms with Crippen LogP contribution in [0.15, 0.2) is 65.1 Å². The first-order chi connectivity index (χ1) is 13.5. The molecular formula is C24H22N2O2. The van der Waals surface area contributed by atoms with Crippen molar-refractivity contribution < 1.29 is 9.21 Å². The van der Waals surface area contributed by atoms with E-state index in [4.69, 9.17) is 4.42 Å². The quantitative estimate of drug-likeness (QED) is 0.527. The van der Waals surface area contributed by atoms with Crippen LogP contribution in [0.25, 0.3) is 22.6 Å². The molecule has 4 aromatic rings. The zero-order chi connectivity index (χ0) is 19.7. The van der Waals surface area contributed by atoms with Gasteiger partial charge in [-0.2, -0.15) is 0 Å². The number of hydrogen-bond acceptors (Lipinski definition) is 3. The molecule has 0 atom stereocenters. The Hall–Kier alpha value is -3.40. The predicted molar refractivity (Wildman–Crippen MR) is 111 cm³/mol. The van der Waals surface area contributed by atoms with Gasteiger partial charge in [0.05, 0.1) is 0 Å². The second kappa shape index (κ2) is 7.31. The van der Waals surface area contributed by atoms with Crippen LogP contribution in [-0.2, 0) is 6.54 Å². The maximum Gasteiger partial charge on any atom is 0.251 e. The summed E-state index contributed by atoms with van der Waals surface area (Å²) in [5, 5.41) is 2.97. The Balaban J connectivity index is 1.48. The minimum atomic E-state index is -0.0631. The van der Waals surface area contributed by atoms with Crippen LogP contribution in [0.1, 0.15) is 32.6 Å². The third-order valence-electron chi connectivity index (χ3n) is 5.05. The van der Waals surface area contributed by atoms with Crippen LogP contribution in [0.2, 0.25) is 0 Å². The van der Waals surface area contributed by atoms with Crippen LogP contribution < -0.4 is 5.32 Å². The Morgan fingerprint density at radius 2 is 1.64 bits per heavy atom. The summed E-state index contributed by atoms with van der Waals surface area (Å²) in [5.74, 6) is 0.544. The minimum absolute atomic E-state index is 0.0631. The number of fused-ring (bicyclic) bond motifs is 1. The molecule has 0 fully saturated rings. The Morgan fingerprint density at radius 3 is 2.39 bits per heavy atom. The summed E-state index contributed by atoms with van der Waals surface area (Å²) >= 11 is 0. The van der Waals surface area contributed by atoms with Gasteiger partial charge in [0.2, 0.25) is 5.89 Å². The Kier molecular flexibility index (Phi) is 4.70. The van der Waals surface area contributed by atoms with Crippen molar-refractivity contribution in [3.8, 4) is 11.5 Å². The lowest BCUT2D eigenvalue weighted by Crippen LogP contribution is -2.23. The molecule has 0 bridgehead atoms. The molecule has 0 unspecified atom stereocenters. The maximum atomic E-state index is 12.3. The van der Waals surface area contributed by atoms with Gasteiger partial charge in [-0.05, 0) is 73.4 Å². The number of oxazole rings is 1. The summed E-state index contributed by atoms with van der Waals surface area (Å²) in [4.78, 5) is 16.9. The highest BCUT2D eigenvalue weighted by Crippen LogP contribution is 2.26. The Bertz CT molecular complexity index is 1120. The molecular weight excluding hydrogens is 348 g/mol. The Labute approximate surface area is 164 Å². The lowest BCUT2D eigenvalue weighted by molar-refractivity contribution is 0.0950. The zero-order valence-electron chi connectivity index (χ0n) is 16.2. The fourth-order valence-corrected chi connectivity index (χ4v) is 3.17. The average molecular weight is 370 g/mol. The van der Waals surface area contributed by atoms with Gasteiger partial charge in [0.25, 0.3) is 5.91 Å². The van der Waals surface area contributed by atoms with E-state index < -0.39 is 0 Å². The van der Waals surface area contributed by atoms with E-state index in [2.05, 4.69) is 24.1 Å². The van der Waals surface area contributed by atoms with Gasteiger partial charge < -0.3 is 9.73 Å². The topological polar surface area (TPSA) is 55.1 Å². The minimum Gasteiger partial charge on any atom is -0.436 e. The fraction of sp³-hybridized carbons (Fsp3) is 0.167. The highest BCUT2D eigenvalue weighted by atomic mass is 16.3. The van der Waals surface area contributed by atoms with Gasteiger partial charge in [-0.25, -0.2) is 4.98 Å². The molecule has 0 saturated heterocycles. The number of nitrogens with one attached hydrogen (secondary N) is 1. The van der Waals surface area contributed by atoms with Crippen molar-refractivity contribution >= 4 is 17.0 Å². The number of nitrogens with zero attached hydrogens (tertiary/aromatic N) is 1. The van der Waals surface area contributed by atoms with Gasteiger partial charge >= 0.3 is 0 Å². The highest BCUT2D eigenvalue weighted by molar-refractivity contribution is 5.95. The standard InChI is InChI=1S/C24H22N2O2/c1-15-6-4-5-7-20(15)23(27)25-14-18-8-10-19(11-9-18)24-26-21-12-16(2)17(3)13-22(21)28-24/h4-13H,14H2,1-3H3,(H,25,27). The van der Waals surface area contributed by atoms with Gasteiger partial charge in [0, 0.05) is 17.7 Å². The molecule has 1 aromatic heterocycles. The molecule has 1 amide bonds. The Morgan fingerprint density at radius 1 is 0.929 bits per heavy atom. The second-order valence-corrected chi connectivity index (χ2v) is 7.12. The SMILES string of the molecule is Cc1cc2nc(-c3ccc(CNC(=O)c4ccccc4C)cc3)oc2cc1C. The van der Waals surface area contributed by atoms with Gasteiger partial charge in [-0.15, -0.1) is 0 Å². The molecule has 28 heavy (non-hydrogen) atoms. The van der Waals surface area contributed by atoms with Gasteiger partial charge in [0.1, 0.15) is 5.52 Å². The summed E-state index contributed by atoms with van der Waals surface area (Å²) < 4.78 is 5.92. The van der Waals surface area contributed by atoms with E-state index in [1.807, 2.05) is 67.6 Å². The van der Waals surface area contributed by atoms with Crippen molar-refractivity contribution in [1.82, 2.24) is 10.3 Å². The molecule has 0 saturated carbocycles. The average Bonchev–Trinajstić information content (AvgIpc) is 3.10. The van der Waals surface area contributed by atoms with E-state index in [1.165, 1.54) is 11.1 Å². The molecule has 0 aliphatic heterocycles. The van der Waals surface area contributed by atoms with Crippen molar-refractivity contribution in [2.24, 2.45) is 0 Å². The first-order valence-electron chi connectivity index (χ1n) is 9.32. The van der Waals surface area contributed by atoms with Crippen molar-refractivity contribution in [3.63, 3.8) is 0 Å². The molecule has 4 nitrogen and oxygen atoms in total. The number of carbonyl (C=O) groups is 1. The third-order valence-corrected chi connectivity index (χ3v) is 5.05. The van der Waals surface area contributed by atoms with Crippen LogP contribution in [0.3, 0.4) is 0 Å². The number of rotatable bonds is 4. The monoisotopic (exact) mass is 370 g/mol. The number of amides is 1. The molecule has 4 heteroatoms. The lowest BCUT2D eigenvalue weighted by Gasteiger charge is -2.08. The number of carbonyl (C=O) groups excluding carboxylic acids is 1. The van der Waals surface area contributed by atoms with E-state index in [1.54, 1.807) is 0 Å². The summed E-state index contributed by atoms with van der Waals surface area (Å²) in [5.41, 5.74) is 7.67. The zero-order valence-corrected chi connectivity index (χ0v) is 16.2. The van der Waals surface area contributed by atoms with E-state index in [-0.39, 0.29) is 5.91 Å². The van der Waals surface area contributed by atoms with Gasteiger partial charge in [-0.3, -0.25) is 4.79 Å². The number of hydrogen-bond donors (Lipinski definition) is 1. The third kappa shape index (κ3) is 3.54. The van der Waals surface area contributed by atoms with Gasteiger partial charge in [-0.1, -0.05) is 30.3 Å². The molecule has 0 aliphatic carbocycles. The number of aryl methyl sites for hydroxylation is 3.